The molecule has 0 fully saturated rings. The van der Waals surface area contributed by atoms with Gasteiger partial charge in [0.2, 0.25) is 0 Å². The quantitative estimate of drug-likeness (QED) is 0.500. The molecule has 20 heavy (non-hydrogen) atoms. The summed E-state index contributed by atoms with van der Waals surface area (Å²) in [5, 5.41) is 5.68. The lowest BCUT2D eigenvalue weighted by molar-refractivity contribution is 0.0978. The van der Waals surface area contributed by atoms with E-state index in [2.05, 4.69) is 10.6 Å². The predicted molar refractivity (Wildman–Crippen MR) is 85.4 cm³/mol. The van der Waals surface area contributed by atoms with Crippen LogP contribution in [0.4, 0.5) is 17.1 Å². The smallest absolute Gasteiger partial charge is 0.257 e. The van der Waals surface area contributed by atoms with Crippen molar-refractivity contribution < 1.29 is 4.79 Å². The molecule has 0 aliphatic rings. The Morgan fingerprint density at radius 3 is 2.35 bits per heavy atom. The Hall–Kier alpha value is -2.60. The van der Waals surface area contributed by atoms with Crippen molar-refractivity contribution in [2.24, 2.45) is 0 Å². The van der Waals surface area contributed by atoms with Crippen LogP contribution < -0.4 is 22.1 Å². The highest BCUT2D eigenvalue weighted by Gasteiger charge is 2.07. The SMILES string of the molecule is Nc1ccc(C(=O)NC(=S)Nc2cccc(N)c2)cc1. The number of nitrogens with two attached hydrogens (primary N) is 2. The summed E-state index contributed by atoms with van der Waals surface area (Å²) < 4.78 is 0. The largest absolute Gasteiger partial charge is 0.399 e. The molecule has 6 heteroatoms. The van der Waals surface area contributed by atoms with Gasteiger partial charge in [-0.3, -0.25) is 10.1 Å². The van der Waals surface area contributed by atoms with E-state index in [1.807, 2.05) is 0 Å². The topological polar surface area (TPSA) is 93.2 Å². The maximum absolute atomic E-state index is 11.9. The Balaban J connectivity index is 1.97. The highest BCUT2D eigenvalue weighted by atomic mass is 32.1. The molecule has 0 heterocycles. The van der Waals surface area contributed by atoms with Crippen LogP contribution in [0, 0.1) is 0 Å². The van der Waals surface area contributed by atoms with E-state index in [-0.39, 0.29) is 11.0 Å². The van der Waals surface area contributed by atoms with Crippen LogP contribution in [0.25, 0.3) is 0 Å². The van der Waals surface area contributed by atoms with E-state index in [1.54, 1.807) is 48.5 Å². The minimum absolute atomic E-state index is 0.206. The van der Waals surface area contributed by atoms with Gasteiger partial charge in [0.15, 0.2) is 5.11 Å². The molecule has 0 radical (unpaired) electrons. The van der Waals surface area contributed by atoms with Crippen molar-refractivity contribution in [1.82, 2.24) is 5.32 Å². The van der Waals surface area contributed by atoms with Crippen LogP contribution in [0.3, 0.4) is 0 Å². The first-order valence-corrected chi connectivity index (χ1v) is 6.29. The lowest BCUT2D eigenvalue weighted by atomic mass is 10.2. The molecule has 6 N–H and O–H groups in total. The third-order valence-corrected chi connectivity index (χ3v) is 2.75. The van der Waals surface area contributed by atoms with Crippen LogP contribution in [-0.2, 0) is 0 Å². The van der Waals surface area contributed by atoms with E-state index < -0.39 is 0 Å². The fourth-order valence-electron chi connectivity index (χ4n) is 1.59. The maximum atomic E-state index is 11.9. The number of nitrogen functional groups attached to an aromatic ring is 2. The monoisotopic (exact) mass is 286 g/mol. The molecule has 0 atom stereocenters. The minimum atomic E-state index is -0.300. The van der Waals surface area contributed by atoms with Crippen molar-refractivity contribution in [2.75, 3.05) is 16.8 Å². The van der Waals surface area contributed by atoms with Gasteiger partial charge in [0.25, 0.3) is 5.91 Å². The second-order valence-electron chi connectivity index (χ2n) is 4.16. The van der Waals surface area contributed by atoms with Crippen LogP contribution >= 0.6 is 12.2 Å². The van der Waals surface area contributed by atoms with E-state index in [4.69, 9.17) is 23.7 Å². The summed E-state index contributed by atoms with van der Waals surface area (Å²) in [5.41, 5.74) is 13.6. The number of hydrogen-bond acceptors (Lipinski definition) is 4. The maximum Gasteiger partial charge on any atom is 0.257 e. The zero-order chi connectivity index (χ0) is 14.5. The molecule has 0 bridgehead atoms. The number of nitrogens with one attached hydrogen (secondary N) is 2. The van der Waals surface area contributed by atoms with Crippen LogP contribution in [0.1, 0.15) is 10.4 Å². The molecule has 0 unspecified atom stereocenters. The first-order chi connectivity index (χ1) is 9.54. The van der Waals surface area contributed by atoms with Crippen molar-refractivity contribution in [3.05, 3.63) is 54.1 Å². The number of carbonyl (C=O) groups is 1. The third-order valence-electron chi connectivity index (χ3n) is 2.54. The van der Waals surface area contributed by atoms with E-state index in [0.717, 1.165) is 0 Å². The second kappa shape index (κ2) is 6.03. The van der Waals surface area contributed by atoms with Crippen molar-refractivity contribution in [1.29, 1.82) is 0 Å². The van der Waals surface area contributed by atoms with Crippen molar-refractivity contribution in [3.63, 3.8) is 0 Å². The van der Waals surface area contributed by atoms with Gasteiger partial charge < -0.3 is 16.8 Å². The summed E-state index contributed by atoms with van der Waals surface area (Å²) in [6, 6.07) is 13.7. The third kappa shape index (κ3) is 3.69. The molecule has 0 spiro atoms. The molecule has 0 aromatic heterocycles. The molecular weight excluding hydrogens is 272 g/mol. The molecule has 2 aromatic carbocycles. The van der Waals surface area contributed by atoms with Gasteiger partial charge in [-0.2, -0.15) is 0 Å². The Bertz CT molecular complexity index is 640. The predicted octanol–water partition coefficient (Wildman–Crippen LogP) is 1.98. The normalized spacial score (nSPS) is 9.80. The zero-order valence-electron chi connectivity index (χ0n) is 10.6. The van der Waals surface area contributed by atoms with E-state index in [0.29, 0.717) is 22.6 Å². The van der Waals surface area contributed by atoms with Gasteiger partial charge in [-0.1, -0.05) is 6.07 Å². The highest BCUT2D eigenvalue weighted by Crippen LogP contribution is 2.11. The van der Waals surface area contributed by atoms with Gasteiger partial charge in [0.1, 0.15) is 0 Å². The Kier molecular flexibility index (Phi) is 4.17. The summed E-state index contributed by atoms with van der Waals surface area (Å²) in [4.78, 5) is 11.9. The Morgan fingerprint density at radius 1 is 1.00 bits per heavy atom. The van der Waals surface area contributed by atoms with Crippen LogP contribution in [0.15, 0.2) is 48.5 Å². The van der Waals surface area contributed by atoms with E-state index in [9.17, 15) is 4.79 Å². The summed E-state index contributed by atoms with van der Waals surface area (Å²) >= 11 is 5.07. The number of rotatable bonds is 2. The molecular formula is C14H14N4OS. The van der Waals surface area contributed by atoms with E-state index >= 15 is 0 Å². The summed E-state index contributed by atoms with van der Waals surface area (Å²) in [7, 11) is 0. The van der Waals surface area contributed by atoms with Crippen molar-refractivity contribution >= 4 is 40.3 Å². The van der Waals surface area contributed by atoms with Gasteiger partial charge in [0.05, 0.1) is 0 Å². The van der Waals surface area contributed by atoms with Crippen LogP contribution in [0.2, 0.25) is 0 Å². The number of amides is 1. The standard InChI is InChI=1S/C14H14N4OS/c15-10-6-4-9(5-7-10)13(19)18-14(20)17-12-3-1-2-11(16)8-12/h1-8H,15-16H2,(H2,17,18,19,20). The lowest BCUT2D eigenvalue weighted by Crippen LogP contribution is -2.34. The first-order valence-electron chi connectivity index (χ1n) is 5.88. The first kappa shape index (κ1) is 13.8. The van der Waals surface area contributed by atoms with Gasteiger partial charge in [-0.25, -0.2) is 0 Å². The fraction of sp³-hybridized carbons (Fsp3) is 0. The van der Waals surface area contributed by atoms with Crippen molar-refractivity contribution in [2.45, 2.75) is 0 Å². The van der Waals surface area contributed by atoms with Gasteiger partial charge in [-0.15, -0.1) is 0 Å². The molecule has 5 nitrogen and oxygen atoms in total. The summed E-state index contributed by atoms with van der Waals surface area (Å²) in [6.07, 6.45) is 0. The van der Waals surface area contributed by atoms with Gasteiger partial charge in [0, 0.05) is 22.6 Å². The van der Waals surface area contributed by atoms with Crippen LogP contribution in [-0.4, -0.2) is 11.0 Å². The van der Waals surface area contributed by atoms with Crippen molar-refractivity contribution in [3.8, 4) is 0 Å². The minimum Gasteiger partial charge on any atom is -0.399 e. The Labute approximate surface area is 122 Å². The number of benzene rings is 2. The van der Waals surface area contributed by atoms with Gasteiger partial charge in [-0.05, 0) is 54.7 Å². The summed E-state index contributed by atoms with van der Waals surface area (Å²) in [6.45, 7) is 0. The fourth-order valence-corrected chi connectivity index (χ4v) is 1.80. The Morgan fingerprint density at radius 2 is 1.70 bits per heavy atom. The zero-order valence-corrected chi connectivity index (χ0v) is 11.4. The average molecular weight is 286 g/mol. The number of anilines is 3. The van der Waals surface area contributed by atoms with Gasteiger partial charge >= 0.3 is 0 Å². The highest BCUT2D eigenvalue weighted by molar-refractivity contribution is 7.80. The number of hydrogen-bond donors (Lipinski definition) is 4. The molecule has 2 aromatic rings. The molecule has 0 saturated carbocycles. The lowest BCUT2D eigenvalue weighted by Gasteiger charge is -2.10. The molecule has 0 aliphatic carbocycles. The second-order valence-corrected chi connectivity index (χ2v) is 4.56. The molecule has 102 valence electrons. The summed E-state index contributed by atoms with van der Waals surface area (Å²) in [5.74, 6) is -0.300. The number of thiocarbonyl (C=S) groups is 1. The number of carbonyl (C=O) groups excluding carboxylic acids is 1. The average Bonchev–Trinajstić information content (AvgIpc) is 2.39. The van der Waals surface area contributed by atoms with E-state index in [1.165, 1.54) is 0 Å². The molecule has 2 rings (SSSR count). The molecule has 0 saturated heterocycles. The molecule has 1 amide bonds. The molecule has 0 aliphatic heterocycles. The van der Waals surface area contributed by atoms with Crippen LogP contribution in [0.5, 0.6) is 0 Å².